The minimum Gasteiger partial charge on any atom is -0.489 e. The van der Waals surface area contributed by atoms with E-state index >= 15 is 0 Å². The summed E-state index contributed by atoms with van der Waals surface area (Å²) >= 11 is 1.13. The van der Waals surface area contributed by atoms with Crippen LogP contribution in [0.2, 0.25) is 0 Å². The molecule has 0 aliphatic carbocycles. The molecule has 6 rings (SSSR count). The molecule has 188 valence electrons. The van der Waals surface area contributed by atoms with E-state index in [0.717, 1.165) is 16.9 Å². The van der Waals surface area contributed by atoms with Gasteiger partial charge in [-0.3, -0.25) is 19.3 Å². The SMILES string of the molecule is CC(=O)c1sc(N2C(=O)c3oc4ccccc4c(=O)c3[C@@H]2c2cccc(OCc3ccccc3)c2)nc1C. The fraction of sp³-hybridized carbons (Fsp3) is 0.133. The van der Waals surface area contributed by atoms with E-state index in [9.17, 15) is 14.4 Å². The number of ketones is 1. The molecular weight excluding hydrogens is 500 g/mol. The number of nitrogens with zero attached hydrogens (tertiary/aromatic N) is 2. The average Bonchev–Trinajstić information content (AvgIpc) is 3.46. The summed E-state index contributed by atoms with van der Waals surface area (Å²) in [6.07, 6.45) is 0. The zero-order valence-corrected chi connectivity index (χ0v) is 21.5. The lowest BCUT2D eigenvalue weighted by atomic mass is 9.98. The molecule has 1 aliphatic heterocycles. The van der Waals surface area contributed by atoms with Crippen LogP contribution in [0.25, 0.3) is 11.0 Å². The molecule has 3 aromatic carbocycles. The topological polar surface area (TPSA) is 89.7 Å². The monoisotopic (exact) mass is 522 g/mol. The van der Waals surface area contributed by atoms with Crippen LogP contribution >= 0.6 is 11.3 Å². The number of aromatic nitrogens is 1. The Bertz CT molecular complexity index is 1770. The Balaban J connectivity index is 1.50. The summed E-state index contributed by atoms with van der Waals surface area (Å²) in [4.78, 5) is 46.2. The van der Waals surface area contributed by atoms with Crippen molar-refractivity contribution >= 4 is 39.1 Å². The molecule has 7 nitrogen and oxygen atoms in total. The second kappa shape index (κ2) is 9.39. The Morgan fingerprint density at radius 3 is 2.55 bits per heavy atom. The first-order valence-electron chi connectivity index (χ1n) is 12.1. The predicted molar refractivity (Wildman–Crippen MR) is 145 cm³/mol. The maximum Gasteiger partial charge on any atom is 0.297 e. The molecule has 0 unspecified atom stereocenters. The highest BCUT2D eigenvalue weighted by Crippen LogP contribution is 2.43. The van der Waals surface area contributed by atoms with Crippen molar-refractivity contribution in [1.82, 2.24) is 4.98 Å². The number of ether oxygens (including phenoxy) is 1. The van der Waals surface area contributed by atoms with Gasteiger partial charge in [-0.25, -0.2) is 4.98 Å². The Morgan fingerprint density at radius 2 is 1.79 bits per heavy atom. The first-order valence-corrected chi connectivity index (χ1v) is 12.9. The van der Waals surface area contributed by atoms with Crippen molar-refractivity contribution in [3.05, 3.63) is 122 Å². The van der Waals surface area contributed by atoms with E-state index in [4.69, 9.17) is 9.15 Å². The van der Waals surface area contributed by atoms with Gasteiger partial charge in [-0.15, -0.1) is 0 Å². The Hall–Kier alpha value is -4.56. The number of benzene rings is 3. The van der Waals surface area contributed by atoms with Gasteiger partial charge < -0.3 is 9.15 Å². The summed E-state index contributed by atoms with van der Waals surface area (Å²) in [6.45, 7) is 3.57. The summed E-state index contributed by atoms with van der Waals surface area (Å²) in [6, 6.07) is 23.2. The average molecular weight is 523 g/mol. The Labute approximate surface area is 221 Å². The lowest BCUT2D eigenvalue weighted by Crippen LogP contribution is -2.29. The summed E-state index contributed by atoms with van der Waals surface area (Å²) in [5.41, 5.74) is 2.52. The first kappa shape index (κ1) is 23.8. The highest BCUT2D eigenvalue weighted by Gasteiger charge is 2.45. The second-order valence-corrected chi connectivity index (χ2v) is 10.0. The van der Waals surface area contributed by atoms with E-state index in [2.05, 4.69) is 4.98 Å². The van der Waals surface area contributed by atoms with Gasteiger partial charge >= 0.3 is 0 Å². The zero-order valence-electron chi connectivity index (χ0n) is 20.6. The Kier molecular flexibility index (Phi) is 5.88. The third-order valence-electron chi connectivity index (χ3n) is 6.51. The summed E-state index contributed by atoms with van der Waals surface area (Å²) in [5, 5.41) is 0.718. The van der Waals surface area contributed by atoms with Crippen LogP contribution in [0.5, 0.6) is 5.75 Å². The van der Waals surface area contributed by atoms with Crippen molar-refractivity contribution in [2.75, 3.05) is 4.90 Å². The minimum absolute atomic E-state index is 0.0217. The number of carbonyl (C=O) groups is 2. The number of para-hydroxylation sites is 1. The van der Waals surface area contributed by atoms with Gasteiger partial charge in [0, 0.05) is 6.92 Å². The van der Waals surface area contributed by atoms with Crippen molar-refractivity contribution in [2.24, 2.45) is 0 Å². The molecule has 1 aliphatic rings. The summed E-state index contributed by atoms with van der Waals surface area (Å²) < 4.78 is 12.0. The van der Waals surface area contributed by atoms with Crippen LogP contribution in [-0.2, 0) is 6.61 Å². The van der Waals surface area contributed by atoms with E-state index in [1.165, 1.54) is 11.8 Å². The molecule has 0 N–H and O–H groups in total. The van der Waals surface area contributed by atoms with Gasteiger partial charge in [-0.2, -0.15) is 0 Å². The molecule has 3 heterocycles. The van der Waals surface area contributed by atoms with Crippen molar-refractivity contribution in [3.8, 4) is 5.75 Å². The molecule has 1 atom stereocenters. The van der Waals surface area contributed by atoms with Gasteiger partial charge in [0.25, 0.3) is 5.91 Å². The molecule has 0 fully saturated rings. The quantitative estimate of drug-likeness (QED) is 0.251. The van der Waals surface area contributed by atoms with Gasteiger partial charge in [-0.05, 0) is 42.3 Å². The third-order valence-corrected chi connectivity index (χ3v) is 7.77. The number of hydrogen-bond donors (Lipinski definition) is 0. The lowest BCUT2D eigenvalue weighted by molar-refractivity contribution is 0.0969. The van der Waals surface area contributed by atoms with Gasteiger partial charge in [-0.1, -0.05) is 65.9 Å². The Morgan fingerprint density at radius 1 is 1.03 bits per heavy atom. The van der Waals surface area contributed by atoms with Crippen molar-refractivity contribution in [1.29, 1.82) is 0 Å². The number of anilines is 1. The molecule has 8 heteroatoms. The summed E-state index contributed by atoms with van der Waals surface area (Å²) in [5.74, 6) is -0.0424. The molecular formula is C30H22N2O5S. The minimum atomic E-state index is -0.802. The third kappa shape index (κ3) is 3.99. The molecule has 0 saturated carbocycles. The van der Waals surface area contributed by atoms with Crippen LogP contribution < -0.4 is 15.1 Å². The van der Waals surface area contributed by atoms with Crippen LogP contribution in [0, 0.1) is 6.92 Å². The first-order chi connectivity index (χ1) is 18.4. The maximum absolute atomic E-state index is 13.8. The molecule has 0 saturated heterocycles. The van der Waals surface area contributed by atoms with Gasteiger partial charge in [0.05, 0.1) is 27.6 Å². The van der Waals surface area contributed by atoms with Gasteiger partial charge in [0.15, 0.2) is 16.3 Å². The largest absolute Gasteiger partial charge is 0.489 e. The number of carbonyl (C=O) groups excluding carboxylic acids is 2. The number of thiazole rings is 1. The number of aryl methyl sites for hydroxylation is 1. The second-order valence-electron chi connectivity index (χ2n) is 9.06. The molecule has 0 bridgehead atoms. The van der Waals surface area contributed by atoms with Crippen molar-refractivity contribution < 1.29 is 18.7 Å². The smallest absolute Gasteiger partial charge is 0.297 e. The van der Waals surface area contributed by atoms with Crippen LogP contribution in [0.3, 0.4) is 0 Å². The van der Waals surface area contributed by atoms with E-state index in [1.807, 2.05) is 54.6 Å². The molecule has 38 heavy (non-hydrogen) atoms. The maximum atomic E-state index is 13.8. The zero-order chi connectivity index (χ0) is 26.4. The number of fused-ring (bicyclic) bond motifs is 2. The van der Waals surface area contributed by atoms with E-state index in [1.54, 1.807) is 31.2 Å². The molecule has 0 spiro atoms. The highest BCUT2D eigenvalue weighted by molar-refractivity contribution is 7.17. The van der Waals surface area contributed by atoms with Gasteiger partial charge in [0.1, 0.15) is 17.9 Å². The molecule has 5 aromatic rings. The highest BCUT2D eigenvalue weighted by atomic mass is 32.1. The predicted octanol–water partition coefficient (Wildman–Crippen LogP) is 6.09. The van der Waals surface area contributed by atoms with Crippen LogP contribution in [0.15, 0.2) is 88.1 Å². The number of Topliss-reactive ketones (excluding diaryl/α,β-unsaturated/α-hetero) is 1. The summed E-state index contributed by atoms with van der Waals surface area (Å²) in [7, 11) is 0. The molecule has 0 radical (unpaired) electrons. The fourth-order valence-electron chi connectivity index (χ4n) is 4.76. The van der Waals surface area contributed by atoms with Crippen LogP contribution in [0.1, 0.15) is 55.6 Å². The number of rotatable bonds is 6. The lowest BCUT2D eigenvalue weighted by Gasteiger charge is -2.23. The molecule has 1 amide bonds. The number of amides is 1. The van der Waals surface area contributed by atoms with E-state index in [-0.39, 0.29) is 22.5 Å². The molecule has 2 aromatic heterocycles. The van der Waals surface area contributed by atoms with Crippen molar-refractivity contribution in [3.63, 3.8) is 0 Å². The standard InChI is InChI=1S/C30H22N2O5S/c1-17-28(18(2)33)38-30(31-17)32-25(20-11-8-12-21(15-20)36-16-19-9-4-3-5-10-19)24-26(34)22-13-6-7-14-23(22)37-27(24)29(32)35/h3-15,25H,16H2,1-2H3/t25-/m0/s1. The van der Waals surface area contributed by atoms with Crippen LogP contribution in [-0.4, -0.2) is 16.7 Å². The van der Waals surface area contributed by atoms with E-state index < -0.39 is 11.9 Å². The number of hydrogen-bond acceptors (Lipinski definition) is 7. The normalized spacial score (nSPS) is 14.6. The fourth-order valence-corrected chi connectivity index (χ4v) is 5.75. The van der Waals surface area contributed by atoms with Crippen molar-refractivity contribution in [2.45, 2.75) is 26.5 Å². The van der Waals surface area contributed by atoms with Gasteiger partial charge in [0.2, 0.25) is 5.76 Å². The van der Waals surface area contributed by atoms with E-state index in [0.29, 0.717) is 44.6 Å². The van der Waals surface area contributed by atoms with Crippen LogP contribution in [0.4, 0.5) is 5.13 Å².